The molecule has 1 atom stereocenters. The number of pyridine rings is 1. The van der Waals surface area contributed by atoms with Crippen molar-refractivity contribution in [3.05, 3.63) is 65.9 Å². The minimum atomic E-state index is -3.86. The quantitative estimate of drug-likeness (QED) is 0.713. The number of hydrogen-bond acceptors (Lipinski definition) is 4. The monoisotopic (exact) mass is 409 g/mol. The predicted molar refractivity (Wildman–Crippen MR) is 113 cm³/mol. The van der Waals surface area contributed by atoms with Gasteiger partial charge in [0, 0.05) is 23.8 Å². The first-order valence-electron chi connectivity index (χ1n) is 9.61. The molecule has 6 nitrogen and oxygen atoms in total. The Bertz CT molecular complexity index is 1190. The van der Waals surface area contributed by atoms with Gasteiger partial charge in [0.15, 0.2) is 0 Å². The summed E-state index contributed by atoms with van der Waals surface area (Å²) in [5, 5.41) is 3.66. The molecule has 1 saturated heterocycles. The minimum absolute atomic E-state index is 0.141. The molecule has 2 aromatic carbocycles. The van der Waals surface area contributed by atoms with Gasteiger partial charge in [0.05, 0.1) is 5.52 Å². The molecule has 1 aromatic heterocycles. The van der Waals surface area contributed by atoms with Crippen molar-refractivity contribution in [2.45, 2.75) is 37.6 Å². The van der Waals surface area contributed by atoms with Gasteiger partial charge in [-0.25, -0.2) is 8.42 Å². The van der Waals surface area contributed by atoms with Crippen LogP contribution in [0.25, 0.3) is 10.9 Å². The predicted octanol–water partition coefficient (Wildman–Crippen LogP) is 3.64. The molecule has 0 spiro atoms. The number of anilines is 1. The van der Waals surface area contributed by atoms with E-state index in [1.54, 1.807) is 24.4 Å². The maximum absolute atomic E-state index is 13.4. The van der Waals surface area contributed by atoms with Crippen molar-refractivity contribution in [3.8, 4) is 0 Å². The summed E-state index contributed by atoms with van der Waals surface area (Å²) in [6.45, 7) is 4.23. The summed E-state index contributed by atoms with van der Waals surface area (Å²) >= 11 is 0. The molecule has 2 heterocycles. The third-order valence-corrected chi connectivity index (χ3v) is 7.27. The van der Waals surface area contributed by atoms with Crippen molar-refractivity contribution < 1.29 is 13.2 Å². The number of nitrogens with one attached hydrogen (secondary N) is 1. The molecule has 1 amide bonds. The van der Waals surface area contributed by atoms with Crippen molar-refractivity contribution in [1.82, 2.24) is 9.29 Å². The molecule has 29 heavy (non-hydrogen) atoms. The number of rotatable bonds is 4. The summed E-state index contributed by atoms with van der Waals surface area (Å²) in [6, 6.07) is 13.7. The smallest absolute Gasteiger partial charge is 0.245 e. The van der Waals surface area contributed by atoms with Gasteiger partial charge in [-0.2, -0.15) is 4.31 Å². The summed E-state index contributed by atoms with van der Waals surface area (Å²) in [4.78, 5) is 17.4. The number of sulfonamides is 1. The van der Waals surface area contributed by atoms with Gasteiger partial charge in [0.25, 0.3) is 0 Å². The number of carbonyl (C=O) groups is 1. The summed E-state index contributed by atoms with van der Waals surface area (Å²) in [5.74, 6) is -0.300. The van der Waals surface area contributed by atoms with Gasteiger partial charge in [0.1, 0.15) is 10.9 Å². The van der Waals surface area contributed by atoms with Crippen LogP contribution in [-0.2, 0) is 14.8 Å². The van der Waals surface area contributed by atoms with Crippen molar-refractivity contribution in [1.29, 1.82) is 0 Å². The van der Waals surface area contributed by atoms with Crippen LogP contribution in [0.3, 0.4) is 0 Å². The SMILES string of the molecule is Cc1ccc(NC(=O)[C@H]2CCCN2S(=O)(=O)c2cccc3cccnc23)c(C)c1. The molecule has 4 rings (SSSR count). The molecule has 0 aliphatic carbocycles. The zero-order valence-electron chi connectivity index (χ0n) is 16.4. The Morgan fingerprint density at radius 3 is 2.72 bits per heavy atom. The Morgan fingerprint density at radius 2 is 1.93 bits per heavy atom. The molecule has 3 aromatic rings. The highest BCUT2D eigenvalue weighted by molar-refractivity contribution is 7.89. The number of hydrogen-bond donors (Lipinski definition) is 1. The van der Waals surface area contributed by atoms with Crippen LogP contribution in [0.15, 0.2) is 59.6 Å². The van der Waals surface area contributed by atoms with Crippen molar-refractivity contribution in [2.75, 3.05) is 11.9 Å². The molecule has 1 N–H and O–H groups in total. The fourth-order valence-electron chi connectivity index (χ4n) is 3.87. The van der Waals surface area contributed by atoms with E-state index in [1.165, 1.54) is 4.31 Å². The third kappa shape index (κ3) is 3.63. The fourth-order valence-corrected chi connectivity index (χ4v) is 5.69. The molecular weight excluding hydrogens is 386 g/mol. The molecule has 1 fully saturated rings. The van der Waals surface area contributed by atoms with Crippen LogP contribution in [-0.4, -0.2) is 36.2 Å². The highest BCUT2D eigenvalue weighted by atomic mass is 32.2. The van der Waals surface area contributed by atoms with Crippen LogP contribution in [0.4, 0.5) is 5.69 Å². The lowest BCUT2D eigenvalue weighted by molar-refractivity contribution is -0.119. The van der Waals surface area contributed by atoms with Crippen LogP contribution < -0.4 is 5.32 Å². The Kier molecular flexibility index (Phi) is 5.10. The molecule has 1 aliphatic heterocycles. The van der Waals surface area contributed by atoms with E-state index in [4.69, 9.17) is 0 Å². The lowest BCUT2D eigenvalue weighted by atomic mass is 10.1. The van der Waals surface area contributed by atoms with Crippen LogP contribution in [0.5, 0.6) is 0 Å². The number of nitrogens with zero attached hydrogens (tertiary/aromatic N) is 2. The molecule has 0 unspecified atom stereocenters. The van der Waals surface area contributed by atoms with E-state index in [1.807, 2.05) is 44.2 Å². The standard InChI is InChI=1S/C22H23N3O3S/c1-15-10-11-18(16(2)14-15)24-22(26)19-8-5-13-25(19)29(27,28)20-9-3-6-17-7-4-12-23-21(17)20/h3-4,6-7,9-12,14,19H,5,8,13H2,1-2H3,(H,24,26)/t19-/m1/s1. The summed E-state index contributed by atoms with van der Waals surface area (Å²) in [7, 11) is -3.86. The van der Waals surface area contributed by atoms with Gasteiger partial charge in [0.2, 0.25) is 15.9 Å². The molecule has 150 valence electrons. The first-order chi connectivity index (χ1) is 13.9. The van der Waals surface area contributed by atoms with Gasteiger partial charge in [-0.1, -0.05) is 35.9 Å². The molecule has 0 saturated carbocycles. The van der Waals surface area contributed by atoms with E-state index in [0.29, 0.717) is 30.6 Å². The Hall–Kier alpha value is -2.77. The number of aryl methyl sites for hydroxylation is 2. The van der Waals surface area contributed by atoms with Crippen LogP contribution >= 0.6 is 0 Å². The zero-order chi connectivity index (χ0) is 20.6. The van der Waals surface area contributed by atoms with Gasteiger partial charge in [-0.3, -0.25) is 9.78 Å². The Labute approximate surface area is 170 Å². The lowest BCUT2D eigenvalue weighted by Crippen LogP contribution is -2.43. The van der Waals surface area contributed by atoms with Crippen molar-refractivity contribution in [2.24, 2.45) is 0 Å². The Morgan fingerprint density at radius 1 is 1.14 bits per heavy atom. The highest BCUT2D eigenvalue weighted by Gasteiger charge is 2.40. The van der Waals surface area contributed by atoms with Crippen molar-refractivity contribution >= 4 is 32.5 Å². The molecule has 1 aliphatic rings. The highest BCUT2D eigenvalue weighted by Crippen LogP contribution is 2.30. The minimum Gasteiger partial charge on any atom is -0.324 e. The fraction of sp³-hybridized carbons (Fsp3) is 0.273. The summed E-state index contributed by atoms with van der Waals surface area (Å²) < 4.78 is 28.2. The van der Waals surface area contributed by atoms with E-state index >= 15 is 0 Å². The number of aromatic nitrogens is 1. The number of benzene rings is 2. The van der Waals surface area contributed by atoms with Gasteiger partial charge in [-0.15, -0.1) is 0 Å². The number of fused-ring (bicyclic) bond motifs is 1. The van der Waals surface area contributed by atoms with Crippen LogP contribution in [0.1, 0.15) is 24.0 Å². The maximum atomic E-state index is 13.4. The molecule has 0 radical (unpaired) electrons. The average molecular weight is 410 g/mol. The second-order valence-corrected chi connectivity index (χ2v) is 9.27. The number of amides is 1. The van der Waals surface area contributed by atoms with Gasteiger partial charge >= 0.3 is 0 Å². The average Bonchev–Trinajstić information content (AvgIpc) is 3.20. The third-order valence-electron chi connectivity index (χ3n) is 5.33. The second-order valence-electron chi connectivity index (χ2n) is 7.41. The molecule has 7 heteroatoms. The van der Waals surface area contributed by atoms with Gasteiger partial charge < -0.3 is 5.32 Å². The Balaban J connectivity index is 1.66. The van der Waals surface area contributed by atoms with E-state index < -0.39 is 16.1 Å². The zero-order valence-corrected chi connectivity index (χ0v) is 17.2. The maximum Gasteiger partial charge on any atom is 0.245 e. The van der Waals surface area contributed by atoms with Crippen LogP contribution in [0.2, 0.25) is 0 Å². The topological polar surface area (TPSA) is 79.4 Å². The number of para-hydroxylation sites is 1. The normalized spacial score (nSPS) is 17.5. The summed E-state index contributed by atoms with van der Waals surface area (Å²) in [6.07, 6.45) is 2.71. The van der Waals surface area contributed by atoms with Crippen molar-refractivity contribution in [3.63, 3.8) is 0 Å². The van der Waals surface area contributed by atoms with Gasteiger partial charge in [-0.05, 0) is 50.5 Å². The lowest BCUT2D eigenvalue weighted by Gasteiger charge is -2.24. The van der Waals surface area contributed by atoms with E-state index in [0.717, 1.165) is 16.5 Å². The number of carbonyl (C=O) groups excluding carboxylic acids is 1. The van der Waals surface area contributed by atoms with E-state index in [2.05, 4.69) is 10.3 Å². The second kappa shape index (κ2) is 7.57. The summed E-state index contributed by atoms with van der Waals surface area (Å²) in [5.41, 5.74) is 3.19. The molecular formula is C22H23N3O3S. The molecule has 0 bridgehead atoms. The van der Waals surface area contributed by atoms with Crippen LogP contribution in [0, 0.1) is 13.8 Å². The van der Waals surface area contributed by atoms with E-state index in [-0.39, 0.29) is 10.8 Å². The van der Waals surface area contributed by atoms with E-state index in [9.17, 15) is 13.2 Å². The largest absolute Gasteiger partial charge is 0.324 e. The first kappa shape index (κ1) is 19.5. The first-order valence-corrected chi connectivity index (χ1v) is 11.1.